The topological polar surface area (TPSA) is 60.2 Å². The number of aromatic nitrogens is 3. The number of carbonyl (C=O) groups excluding carboxylic acids is 1. The summed E-state index contributed by atoms with van der Waals surface area (Å²) in [4.78, 5) is 14.0. The van der Waals surface area contributed by atoms with E-state index in [1.54, 1.807) is 17.1 Å². The van der Waals surface area contributed by atoms with E-state index in [2.05, 4.69) is 24.2 Å². The molecule has 6 heteroatoms. The number of aryl methyl sites for hydroxylation is 1. The summed E-state index contributed by atoms with van der Waals surface area (Å²) in [5.74, 6) is 0.764. The van der Waals surface area contributed by atoms with Gasteiger partial charge in [0, 0.05) is 32.3 Å². The van der Waals surface area contributed by atoms with Gasteiger partial charge in [-0.25, -0.2) is 0 Å². The molecule has 0 bridgehead atoms. The third-order valence-electron chi connectivity index (χ3n) is 3.49. The minimum absolute atomic E-state index is 0.197. The summed E-state index contributed by atoms with van der Waals surface area (Å²) in [6.45, 7) is 7.33. The molecule has 0 N–H and O–H groups in total. The molecule has 1 aliphatic rings. The predicted octanol–water partition coefficient (Wildman–Crippen LogP) is 1.33. The van der Waals surface area contributed by atoms with Crippen LogP contribution in [0.2, 0.25) is 0 Å². The van der Waals surface area contributed by atoms with Crippen LogP contribution in [0.5, 0.6) is 0 Å². The average molecular weight is 280 g/mol. The van der Waals surface area contributed by atoms with Crippen molar-refractivity contribution in [1.29, 1.82) is 0 Å². The van der Waals surface area contributed by atoms with Crippen molar-refractivity contribution in [3.63, 3.8) is 0 Å². The third-order valence-corrected chi connectivity index (χ3v) is 3.49. The summed E-state index contributed by atoms with van der Waals surface area (Å²) in [5, 5.41) is 7.59. The van der Waals surface area contributed by atoms with Gasteiger partial charge in [-0.2, -0.15) is 0 Å². The van der Waals surface area contributed by atoms with Crippen LogP contribution in [0.1, 0.15) is 33.1 Å². The minimum Gasteiger partial charge on any atom is -0.378 e. The van der Waals surface area contributed by atoms with E-state index in [9.17, 15) is 4.79 Å². The van der Waals surface area contributed by atoms with E-state index in [0.29, 0.717) is 25.0 Å². The molecule has 1 aromatic rings. The first-order valence-corrected chi connectivity index (χ1v) is 7.38. The fraction of sp³-hybridized carbons (Fsp3) is 0.786. The maximum absolute atomic E-state index is 12.1. The summed E-state index contributed by atoms with van der Waals surface area (Å²) >= 11 is 0. The number of piperidine rings is 1. The Hall–Kier alpha value is -1.43. The number of ether oxygens (including phenoxy) is 1. The molecule has 0 spiro atoms. The van der Waals surface area contributed by atoms with Crippen LogP contribution in [0.25, 0.3) is 0 Å². The lowest BCUT2D eigenvalue weighted by Gasteiger charge is -2.32. The zero-order chi connectivity index (χ0) is 14.4. The Kier molecular flexibility index (Phi) is 5.52. The molecule has 20 heavy (non-hydrogen) atoms. The Balaban J connectivity index is 1.66. The van der Waals surface area contributed by atoms with Crippen molar-refractivity contribution < 1.29 is 9.53 Å². The molecule has 1 aliphatic heterocycles. The molecule has 0 aromatic carbocycles. The monoisotopic (exact) mass is 280 g/mol. The van der Waals surface area contributed by atoms with E-state index in [-0.39, 0.29) is 5.91 Å². The molecule has 0 atom stereocenters. The number of amides is 1. The minimum atomic E-state index is 0.197. The molecular formula is C14H24N4O2. The van der Waals surface area contributed by atoms with Crippen molar-refractivity contribution in [2.45, 2.75) is 45.8 Å². The highest BCUT2D eigenvalue weighted by Crippen LogP contribution is 2.15. The maximum atomic E-state index is 12.1. The van der Waals surface area contributed by atoms with E-state index < -0.39 is 0 Å². The molecule has 1 saturated heterocycles. The third kappa shape index (κ3) is 4.59. The quantitative estimate of drug-likeness (QED) is 0.789. The van der Waals surface area contributed by atoms with Gasteiger partial charge in [0.2, 0.25) is 5.91 Å². The summed E-state index contributed by atoms with van der Waals surface area (Å²) in [5.41, 5.74) is 0. The van der Waals surface area contributed by atoms with Gasteiger partial charge in [-0.1, -0.05) is 19.1 Å². The van der Waals surface area contributed by atoms with Gasteiger partial charge < -0.3 is 9.64 Å². The second kappa shape index (κ2) is 7.38. The number of likely N-dealkylation sites (tertiary alicyclic amines) is 1. The van der Waals surface area contributed by atoms with Crippen LogP contribution >= 0.6 is 0 Å². The van der Waals surface area contributed by atoms with Crippen molar-refractivity contribution in [1.82, 2.24) is 19.9 Å². The Morgan fingerprint density at radius 1 is 1.40 bits per heavy atom. The largest absolute Gasteiger partial charge is 0.378 e. The van der Waals surface area contributed by atoms with E-state index >= 15 is 0 Å². The lowest BCUT2D eigenvalue weighted by atomic mass is 10.1. The van der Waals surface area contributed by atoms with Crippen LogP contribution in [-0.4, -0.2) is 51.6 Å². The fourth-order valence-electron chi connectivity index (χ4n) is 2.32. The van der Waals surface area contributed by atoms with Crippen LogP contribution in [-0.2, 0) is 16.1 Å². The van der Waals surface area contributed by atoms with Crippen molar-refractivity contribution in [3.8, 4) is 0 Å². The zero-order valence-corrected chi connectivity index (χ0v) is 12.4. The number of nitrogens with zero attached hydrogens (tertiary/aromatic N) is 4. The Bertz CT molecular complexity index is 397. The standard InChI is InChI=1S/C14H24N4O2/c1-12(2)11-20-13-3-7-17(8-4-13)14(19)5-9-18-10-6-15-16-18/h6,10,12-13H,3-5,7-9,11H2,1-2H3. The maximum Gasteiger partial charge on any atom is 0.224 e. The fourth-order valence-corrected chi connectivity index (χ4v) is 2.32. The number of hydrogen-bond donors (Lipinski definition) is 0. The first-order valence-electron chi connectivity index (χ1n) is 7.38. The number of hydrogen-bond acceptors (Lipinski definition) is 4. The molecule has 2 rings (SSSR count). The van der Waals surface area contributed by atoms with E-state index in [1.807, 2.05) is 4.90 Å². The first-order chi connectivity index (χ1) is 9.65. The molecule has 0 radical (unpaired) electrons. The Morgan fingerprint density at radius 3 is 2.75 bits per heavy atom. The van der Waals surface area contributed by atoms with E-state index in [1.165, 1.54) is 0 Å². The van der Waals surface area contributed by atoms with Gasteiger partial charge in [-0.3, -0.25) is 9.48 Å². The second-order valence-electron chi connectivity index (χ2n) is 5.72. The Labute approximate surface area is 120 Å². The van der Waals surface area contributed by atoms with Gasteiger partial charge in [0.25, 0.3) is 0 Å². The van der Waals surface area contributed by atoms with E-state index in [0.717, 1.165) is 32.5 Å². The van der Waals surface area contributed by atoms with Crippen LogP contribution in [0.3, 0.4) is 0 Å². The molecule has 1 amide bonds. The van der Waals surface area contributed by atoms with Crippen molar-refractivity contribution >= 4 is 5.91 Å². The normalized spacial score (nSPS) is 16.9. The van der Waals surface area contributed by atoms with Crippen molar-refractivity contribution in [3.05, 3.63) is 12.4 Å². The lowest BCUT2D eigenvalue weighted by molar-refractivity contribution is -0.134. The molecule has 112 valence electrons. The van der Waals surface area contributed by atoms with Crippen molar-refractivity contribution in [2.75, 3.05) is 19.7 Å². The average Bonchev–Trinajstić information content (AvgIpc) is 2.96. The van der Waals surface area contributed by atoms with Crippen LogP contribution < -0.4 is 0 Å². The number of carbonyl (C=O) groups is 1. The second-order valence-corrected chi connectivity index (χ2v) is 5.72. The van der Waals surface area contributed by atoms with Crippen molar-refractivity contribution in [2.24, 2.45) is 5.92 Å². The summed E-state index contributed by atoms with van der Waals surface area (Å²) < 4.78 is 7.52. The lowest BCUT2D eigenvalue weighted by Crippen LogP contribution is -2.41. The molecule has 0 unspecified atom stereocenters. The molecule has 2 heterocycles. The Morgan fingerprint density at radius 2 is 2.15 bits per heavy atom. The highest BCUT2D eigenvalue weighted by molar-refractivity contribution is 5.76. The van der Waals surface area contributed by atoms with Gasteiger partial charge in [0.05, 0.1) is 18.8 Å². The molecular weight excluding hydrogens is 256 g/mol. The molecule has 1 aromatic heterocycles. The van der Waals surface area contributed by atoms with E-state index in [4.69, 9.17) is 4.74 Å². The van der Waals surface area contributed by atoms with Gasteiger partial charge in [-0.15, -0.1) is 5.10 Å². The van der Waals surface area contributed by atoms with Crippen LogP contribution in [0, 0.1) is 5.92 Å². The summed E-state index contributed by atoms with van der Waals surface area (Å²) in [7, 11) is 0. The van der Waals surface area contributed by atoms with Gasteiger partial charge in [-0.05, 0) is 18.8 Å². The zero-order valence-electron chi connectivity index (χ0n) is 12.4. The predicted molar refractivity (Wildman–Crippen MR) is 75.0 cm³/mol. The van der Waals surface area contributed by atoms with Crippen LogP contribution in [0.4, 0.5) is 0 Å². The van der Waals surface area contributed by atoms with Gasteiger partial charge >= 0.3 is 0 Å². The van der Waals surface area contributed by atoms with Gasteiger partial charge in [0.15, 0.2) is 0 Å². The summed E-state index contributed by atoms with van der Waals surface area (Å²) in [6, 6.07) is 0. The first kappa shape index (κ1) is 15.0. The highest BCUT2D eigenvalue weighted by Gasteiger charge is 2.23. The molecule has 1 fully saturated rings. The molecule has 0 aliphatic carbocycles. The van der Waals surface area contributed by atoms with Crippen LogP contribution in [0.15, 0.2) is 12.4 Å². The summed E-state index contributed by atoms with van der Waals surface area (Å²) in [6.07, 6.45) is 6.10. The SMILES string of the molecule is CC(C)COC1CCN(C(=O)CCn2ccnn2)CC1. The molecule has 6 nitrogen and oxygen atoms in total. The smallest absolute Gasteiger partial charge is 0.224 e. The molecule has 0 saturated carbocycles. The number of rotatable bonds is 6. The highest BCUT2D eigenvalue weighted by atomic mass is 16.5. The van der Waals surface area contributed by atoms with Gasteiger partial charge in [0.1, 0.15) is 0 Å².